The Hall–Kier alpha value is -1.19. The lowest BCUT2D eigenvalue weighted by molar-refractivity contribution is 0.101. The Labute approximate surface area is 103 Å². The summed E-state index contributed by atoms with van der Waals surface area (Å²) in [6, 6.07) is 5.79. The summed E-state index contributed by atoms with van der Waals surface area (Å²) < 4.78 is 0. The molecule has 1 aromatic heterocycles. The fourth-order valence-electron chi connectivity index (χ4n) is 1.29. The van der Waals surface area contributed by atoms with Crippen molar-refractivity contribution < 1.29 is 4.79 Å². The molecule has 16 heavy (non-hydrogen) atoms. The monoisotopic (exact) mass is 251 g/mol. The Bertz CT molecular complexity index is 548. The molecule has 0 fully saturated rings. The van der Waals surface area contributed by atoms with Gasteiger partial charge in [0.1, 0.15) is 10.7 Å². The summed E-state index contributed by atoms with van der Waals surface area (Å²) in [7, 11) is 0. The van der Waals surface area contributed by atoms with Gasteiger partial charge in [0.2, 0.25) is 0 Å². The Morgan fingerprint density at radius 1 is 1.44 bits per heavy atom. The van der Waals surface area contributed by atoms with Crippen molar-refractivity contribution in [2.75, 3.05) is 0 Å². The van der Waals surface area contributed by atoms with E-state index in [-0.39, 0.29) is 5.78 Å². The van der Waals surface area contributed by atoms with Crippen LogP contribution in [-0.2, 0) is 0 Å². The highest BCUT2D eigenvalue weighted by molar-refractivity contribution is 7.13. The minimum absolute atomic E-state index is 0.0132. The zero-order chi connectivity index (χ0) is 11.7. The largest absolute Gasteiger partial charge is 0.293 e. The van der Waals surface area contributed by atoms with Crippen LogP contribution in [0.4, 0.5) is 0 Å². The van der Waals surface area contributed by atoms with E-state index in [0.717, 1.165) is 21.2 Å². The molecular formula is C12H10ClNOS. The van der Waals surface area contributed by atoms with Crippen LogP contribution in [0.1, 0.15) is 23.0 Å². The second-order valence-electron chi connectivity index (χ2n) is 3.56. The molecule has 2 aromatic rings. The number of hydrogen-bond donors (Lipinski definition) is 0. The molecule has 1 aromatic carbocycles. The number of rotatable bonds is 2. The molecular weight excluding hydrogens is 242 g/mol. The van der Waals surface area contributed by atoms with E-state index in [9.17, 15) is 4.79 Å². The maximum absolute atomic E-state index is 11.1. The van der Waals surface area contributed by atoms with Crippen LogP contribution in [0.25, 0.3) is 10.6 Å². The maximum atomic E-state index is 11.1. The summed E-state index contributed by atoms with van der Waals surface area (Å²) in [5.74, 6) is -0.0132. The average molecular weight is 252 g/mol. The standard InChI is InChI=1S/C12H10ClNOS/c1-7-3-4-9(5-10(7)13)12-14-11(6-16-12)8(2)15/h3-6H,1-2H3. The molecule has 0 aliphatic carbocycles. The molecule has 1 heterocycles. The zero-order valence-electron chi connectivity index (χ0n) is 8.95. The number of halogens is 1. The highest BCUT2D eigenvalue weighted by Crippen LogP contribution is 2.27. The number of thiazole rings is 1. The molecule has 0 saturated carbocycles. The lowest BCUT2D eigenvalue weighted by Crippen LogP contribution is -1.91. The number of ketones is 1. The maximum Gasteiger partial charge on any atom is 0.178 e. The molecule has 0 aliphatic rings. The quantitative estimate of drug-likeness (QED) is 0.756. The fourth-order valence-corrected chi connectivity index (χ4v) is 2.33. The summed E-state index contributed by atoms with van der Waals surface area (Å²) in [6.07, 6.45) is 0. The van der Waals surface area contributed by atoms with Gasteiger partial charge < -0.3 is 0 Å². The molecule has 0 radical (unpaired) electrons. The van der Waals surface area contributed by atoms with Gasteiger partial charge in [-0.15, -0.1) is 11.3 Å². The van der Waals surface area contributed by atoms with E-state index in [2.05, 4.69) is 4.98 Å². The van der Waals surface area contributed by atoms with E-state index in [0.29, 0.717) is 5.69 Å². The molecule has 0 N–H and O–H groups in total. The zero-order valence-corrected chi connectivity index (χ0v) is 10.5. The number of hydrogen-bond acceptors (Lipinski definition) is 3. The van der Waals surface area contributed by atoms with Crippen molar-refractivity contribution in [1.29, 1.82) is 0 Å². The van der Waals surface area contributed by atoms with E-state index >= 15 is 0 Å². The van der Waals surface area contributed by atoms with Crippen LogP contribution >= 0.6 is 22.9 Å². The molecule has 0 aliphatic heterocycles. The molecule has 0 atom stereocenters. The summed E-state index contributed by atoms with van der Waals surface area (Å²) in [5.41, 5.74) is 2.50. The topological polar surface area (TPSA) is 30.0 Å². The van der Waals surface area contributed by atoms with Gasteiger partial charge in [0.15, 0.2) is 5.78 Å². The minimum Gasteiger partial charge on any atom is -0.293 e. The molecule has 2 nitrogen and oxygen atoms in total. The highest BCUT2D eigenvalue weighted by atomic mass is 35.5. The van der Waals surface area contributed by atoms with Crippen molar-refractivity contribution >= 4 is 28.7 Å². The van der Waals surface area contributed by atoms with Gasteiger partial charge >= 0.3 is 0 Å². The number of aromatic nitrogens is 1. The lowest BCUT2D eigenvalue weighted by Gasteiger charge is -2.00. The number of nitrogens with zero attached hydrogens (tertiary/aromatic N) is 1. The predicted octanol–water partition coefficient (Wildman–Crippen LogP) is 3.97. The van der Waals surface area contributed by atoms with Crippen LogP contribution in [0.5, 0.6) is 0 Å². The lowest BCUT2D eigenvalue weighted by atomic mass is 10.1. The van der Waals surface area contributed by atoms with Crippen LogP contribution in [-0.4, -0.2) is 10.8 Å². The molecule has 82 valence electrons. The number of benzene rings is 1. The van der Waals surface area contributed by atoms with Gasteiger partial charge in [0, 0.05) is 22.9 Å². The van der Waals surface area contributed by atoms with Crippen LogP contribution in [0, 0.1) is 6.92 Å². The van der Waals surface area contributed by atoms with Crippen LogP contribution in [0.3, 0.4) is 0 Å². The summed E-state index contributed by atoms with van der Waals surface area (Å²) >= 11 is 7.50. The van der Waals surface area contributed by atoms with Gasteiger partial charge in [-0.25, -0.2) is 4.98 Å². The fraction of sp³-hybridized carbons (Fsp3) is 0.167. The van der Waals surface area contributed by atoms with E-state index in [1.54, 1.807) is 5.38 Å². The molecule has 4 heteroatoms. The second kappa shape index (κ2) is 4.36. The van der Waals surface area contributed by atoms with Crippen molar-refractivity contribution in [3.05, 3.63) is 39.9 Å². The SMILES string of the molecule is CC(=O)c1csc(-c2ccc(C)c(Cl)c2)n1. The van der Waals surface area contributed by atoms with E-state index < -0.39 is 0 Å². The number of Topliss-reactive ketones (excluding diaryl/α,β-unsaturated/α-hetero) is 1. The number of carbonyl (C=O) groups excluding carboxylic acids is 1. The van der Waals surface area contributed by atoms with Crippen LogP contribution < -0.4 is 0 Å². The third kappa shape index (κ3) is 2.15. The van der Waals surface area contributed by atoms with Crippen LogP contribution in [0.15, 0.2) is 23.6 Å². The van der Waals surface area contributed by atoms with E-state index in [4.69, 9.17) is 11.6 Å². The molecule has 0 unspecified atom stereocenters. The van der Waals surface area contributed by atoms with Crippen molar-refractivity contribution in [2.45, 2.75) is 13.8 Å². The molecule has 0 saturated heterocycles. The summed E-state index contributed by atoms with van der Waals surface area (Å²) in [4.78, 5) is 15.4. The molecule has 0 spiro atoms. The molecule has 0 bridgehead atoms. The van der Waals surface area contributed by atoms with Gasteiger partial charge in [-0.3, -0.25) is 4.79 Å². The second-order valence-corrected chi connectivity index (χ2v) is 4.82. The van der Waals surface area contributed by atoms with Gasteiger partial charge in [0.05, 0.1) is 0 Å². The Kier molecular flexibility index (Phi) is 3.08. The van der Waals surface area contributed by atoms with E-state index in [1.165, 1.54) is 18.3 Å². The first kappa shape index (κ1) is 11.3. The predicted molar refractivity (Wildman–Crippen MR) is 67.3 cm³/mol. The first-order valence-electron chi connectivity index (χ1n) is 4.81. The Balaban J connectivity index is 2.42. The highest BCUT2D eigenvalue weighted by Gasteiger charge is 2.08. The van der Waals surface area contributed by atoms with E-state index in [1.807, 2.05) is 25.1 Å². The first-order chi connectivity index (χ1) is 7.58. The Morgan fingerprint density at radius 2 is 2.19 bits per heavy atom. The van der Waals surface area contributed by atoms with Crippen molar-refractivity contribution in [3.8, 4) is 10.6 Å². The van der Waals surface area contributed by atoms with Gasteiger partial charge in [0.25, 0.3) is 0 Å². The molecule has 0 amide bonds. The normalized spacial score (nSPS) is 10.4. The summed E-state index contributed by atoms with van der Waals surface area (Å²) in [6.45, 7) is 3.47. The third-order valence-electron chi connectivity index (χ3n) is 2.28. The number of carbonyl (C=O) groups is 1. The summed E-state index contributed by atoms with van der Waals surface area (Å²) in [5, 5.41) is 3.31. The smallest absolute Gasteiger partial charge is 0.178 e. The molecule has 2 rings (SSSR count). The van der Waals surface area contributed by atoms with Crippen molar-refractivity contribution in [1.82, 2.24) is 4.98 Å². The number of aryl methyl sites for hydroxylation is 1. The third-order valence-corrected chi connectivity index (χ3v) is 3.58. The minimum atomic E-state index is -0.0132. The average Bonchev–Trinajstić information content (AvgIpc) is 2.71. The van der Waals surface area contributed by atoms with Crippen LogP contribution in [0.2, 0.25) is 5.02 Å². The van der Waals surface area contributed by atoms with Gasteiger partial charge in [-0.1, -0.05) is 23.7 Å². The van der Waals surface area contributed by atoms with Crippen molar-refractivity contribution in [2.24, 2.45) is 0 Å². The first-order valence-corrected chi connectivity index (χ1v) is 6.06. The van der Waals surface area contributed by atoms with Crippen molar-refractivity contribution in [3.63, 3.8) is 0 Å². The van der Waals surface area contributed by atoms with Gasteiger partial charge in [-0.2, -0.15) is 0 Å². The van der Waals surface area contributed by atoms with Gasteiger partial charge in [-0.05, 0) is 18.6 Å². The Morgan fingerprint density at radius 3 is 2.75 bits per heavy atom.